The van der Waals surface area contributed by atoms with Gasteiger partial charge in [-0.25, -0.2) is 4.68 Å². The van der Waals surface area contributed by atoms with E-state index in [4.69, 9.17) is 0 Å². The van der Waals surface area contributed by atoms with Crippen LogP contribution in [0.1, 0.15) is 11.3 Å². The molecule has 4 rings (SSSR count). The molecule has 0 spiro atoms. The van der Waals surface area contributed by atoms with Gasteiger partial charge in [-0.3, -0.25) is 0 Å². The number of hydrogen-bond donors (Lipinski definition) is 1. The lowest BCUT2D eigenvalue weighted by Gasteiger charge is -2.11. The van der Waals surface area contributed by atoms with Crippen molar-refractivity contribution < 1.29 is 13.2 Å². The van der Waals surface area contributed by atoms with E-state index < -0.39 is 11.7 Å². The molecule has 3 heterocycles. The van der Waals surface area contributed by atoms with E-state index in [1.54, 1.807) is 10.9 Å². The Hall–Kier alpha value is -3.36. The predicted molar refractivity (Wildman–Crippen MR) is 95.1 cm³/mol. The van der Waals surface area contributed by atoms with Gasteiger partial charge in [-0.05, 0) is 43.3 Å². The summed E-state index contributed by atoms with van der Waals surface area (Å²) in [6.45, 7) is 1.86. The van der Waals surface area contributed by atoms with E-state index in [0.717, 1.165) is 23.2 Å². The molecule has 4 aromatic rings. The molecule has 27 heavy (non-hydrogen) atoms. The Labute approximate surface area is 152 Å². The molecule has 0 saturated heterocycles. The van der Waals surface area contributed by atoms with Gasteiger partial charge >= 0.3 is 6.18 Å². The molecule has 0 aliphatic heterocycles. The quantitative estimate of drug-likeness (QED) is 0.585. The highest BCUT2D eigenvalue weighted by molar-refractivity contribution is 5.90. The third-order valence-electron chi connectivity index (χ3n) is 4.11. The fourth-order valence-electron chi connectivity index (χ4n) is 2.73. The van der Waals surface area contributed by atoms with Gasteiger partial charge in [-0.1, -0.05) is 0 Å². The molecule has 3 aromatic heterocycles. The minimum Gasteiger partial charge on any atom is -0.339 e. The van der Waals surface area contributed by atoms with Crippen LogP contribution in [-0.4, -0.2) is 24.3 Å². The Morgan fingerprint density at radius 3 is 2.33 bits per heavy atom. The van der Waals surface area contributed by atoms with Gasteiger partial charge in [0.15, 0.2) is 0 Å². The van der Waals surface area contributed by atoms with E-state index in [1.807, 2.05) is 36.9 Å². The molecule has 6 nitrogen and oxygen atoms in total. The lowest BCUT2D eigenvalue weighted by molar-refractivity contribution is -0.137. The molecule has 0 atom stereocenters. The fraction of sp³-hybridized carbons (Fsp3) is 0.167. The summed E-state index contributed by atoms with van der Waals surface area (Å²) in [6.07, 6.45) is -0.776. The minimum atomic E-state index is -4.37. The van der Waals surface area contributed by atoms with Crippen LogP contribution in [0, 0.1) is 6.92 Å². The molecule has 0 saturated carbocycles. The van der Waals surface area contributed by atoms with Crippen LogP contribution in [0.5, 0.6) is 0 Å². The van der Waals surface area contributed by atoms with E-state index in [9.17, 15) is 13.2 Å². The molecule has 0 aliphatic carbocycles. The van der Waals surface area contributed by atoms with Crippen molar-refractivity contribution in [1.29, 1.82) is 0 Å². The first kappa shape index (κ1) is 17.1. The maximum atomic E-state index is 12.7. The van der Waals surface area contributed by atoms with Gasteiger partial charge in [-0.15, -0.1) is 0 Å². The normalized spacial score (nSPS) is 11.9. The number of alkyl halides is 3. The van der Waals surface area contributed by atoms with Crippen molar-refractivity contribution in [3.8, 4) is 5.95 Å². The van der Waals surface area contributed by atoms with Crippen molar-refractivity contribution >= 4 is 22.5 Å². The molecule has 0 amide bonds. The molecule has 0 aliphatic rings. The van der Waals surface area contributed by atoms with Crippen LogP contribution >= 0.6 is 0 Å². The first-order valence-electron chi connectivity index (χ1n) is 8.11. The van der Waals surface area contributed by atoms with E-state index in [2.05, 4.69) is 20.4 Å². The lowest BCUT2D eigenvalue weighted by Crippen LogP contribution is -2.07. The smallest absolute Gasteiger partial charge is 0.339 e. The molecule has 9 heteroatoms. The average Bonchev–Trinajstić information content (AvgIpc) is 3.21. The van der Waals surface area contributed by atoms with Crippen molar-refractivity contribution in [2.24, 2.45) is 7.05 Å². The largest absolute Gasteiger partial charge is 0.416 e. The summed E-state index contributed by atoms with van der Waals surface area (Å²) in [5.74, 6) is 0.857. The molecule has 1 N–H and O–H groups in total. The van der Waals surface area contributed by atoms with E-state index >= 15 is 0 Å². The zero-order valence-electron chi connectivity index (χ0n) is 14.5. The number of fused-ring (bicyclic) bond motifs is 1. The molecule has 0 radical (unpaired) electrons. The zero-order valence-corrected chi connectivity index (χ0v) is 14.5. The van der Waals surface area contributed by atoms with E-state index in [-0.39, 0.29) is 0 Å². The van der Waals surface area contributed by atoms with Gasteiger partial charge in [0.25, 0.3) is 5.95 Å². The summed E-state index contributed by atoms with van der Waals surface area (Å²) in [4.78, 5) is 9.04. The van der Waals surface area contributed by atoms with Crippen molar-refractivity contribution in [1.82, 2.24) is 24.3 Å². The summed E-state index contributed by atoms with van der Waals surface area (Å²) < 4.78 is 41.6. The number of aromatic nitrogens is 5. The second-order valence-corrected chi connectivity index (χ2v) is 6.14. The molecule has 0 bridgehead atoms. The Morgan fingerprint density at radius 2 is 1.70 bits per heavy atom. The number of benzene rings is 1. The monoisotopic (exact) mass is 372 g/mol. The first-order chi connectivity index (χ1) is 12.8. The SMILES string of the molecule is Cc1ccn(-c2nc(Nc3ccc(C(F)(F)F)cc3)c3ccn(C)c3n2)n1. The topological polar surface area (TPSA) is 60.6 Å². The van der Waals surface area contributed by atoms with Crippen LogP contribution in [-0.2, 0) is 13.2 Å². The van der Waals surface area contributed by atoms with Gasteiger partial charge < -0.3 is 9.88 Å². The van der Waals surface area contributed by atoms with Crippen molar-refractivity contribution in [3.63, 3.8) is 0 Å². The standard InChI is InChI=1S/C18H15F3N6/c1-11-7-10-27(25-11)17-23-15(14-8-9-26(2)16(14)24-17)22-13-5-3-12(4-6-13)18(19,20)21/h3-10H,1-2H3,(H,22,23,24). The number of hydrogen-bond acceptors (Lipinski definition) is 4. The summed E-state index contributed by atoms with van der Waals surface area (Å²) in [5, 5.41) is 8.16. The highest BCUT2D eigenvalue weighted by Gasteiger charge is 2.30. The summed E-state index contributed by atoms with van der Waals surface area (Å²) in [7, 11) is 1.86. The van der Waals surface area contributed by atoms with Gasteiger partial charge in [0.05, 0.1) is 16.6 Å². The molecule has 1 aromatic carbocycles. The maximum absolute atomic E-state index is 12.7. The molecular formula is C18H15F3N6. The highest BCUT2D eigenvalue weighted by atomic mass is 19.4. The average molecular weight is 372 g/mol. The number of nitrogens with one attached hydrogen (secondary N) is 1. The van der Waals surface area contributed by atoms with Crippen LogP contribution in [0.2, 0.25) is 0 Å². The molecule has 0 fully saturated rings. The summed E-state index contributed by atoms with van der Waals surface area (Å²) in [6, 6.07) is 8.49. The third kappa shape index (κ3) is 3.23. The van der Waals surface area contributed by atoms with E-state index in [1.165, 1.54) is 12.1 Å². The van der Waals surface area contributed by atoms with Gasteiger partial charge in [0.1, 0.15) is 11.5 Å². The van der Waals surface area contributed by atoms with Crippen molar-refractivity contribution in [2.75, 3.05) is 5.32 Å². The Balaban J connectivity index is 1.76. The number of halogens is 3. The van der Waals surface area contributed by atoms with Crippen LogP contribution in [0.3, 0.4) is 0 Å². The number of nitrogens with zero attached hydrogens (tertiary/aromatic N) is 5. The van der Waals surface area contributed by atoms with Gasteiger partial charge in [0, 0.05) is 25.1 Å². The summed E-state index contributed by atoms with van der Waals surface area (Å²) in [5.41, 5.74) is 1.30. The molecule has 138 valence electrons. The highest BCUT2D eigenvalue weighted by Crippen LogP contribution is 2.31. The molecule has 0 unspecified atom stereocenters. The number of rotatable bonds is 3. The minimum absolute atomic E-state index is 0.367. The Morgan fingerprint density at radius 1 is 0.963 bits per heavy atom. The number of aryl methyl sites for hydroxylation is 2. The first-order valence-corrected chi connectivity index (χ1v) is 8.11. The zero-order chi connectivity index (χ0) is 19.2. The van der Waals surface area contributed by atoms with E-state index in [0.29, 0.717) is 23.1 Å². The maximum Gasteiger partial charge on any atom is 0.416 e. The van der Waals surface area contributed by atoms with Crippen LogP contribution in [0.15, 0.2) is 48.8 Å². The van der Waals surface area contributed by atoms with Gasteiger partial charge in [-0.2, -0.15) is 28.2 Å². The predicted octanol–water partition coefficient (Wildman–Crippen LogP) is 4.22. The second-order valence-electron chi connectivity index (χ2n) is 6.14. The number of anilines is 2. The second kappa shape index (κ2) is 6.11. The van der Waals surface area contributed by atoms with Crippen LogP contribution in [0.25, 0.3) is 17.0 Å². The van der Waals surface area contributed by atoms with Crippen LogP contribution < -0.4 is 5.32 Å². The van der Waals surface area contributed by atoms with Crippen molar-refractivity contribution in [3.05, 3.63) is 60.0 Å². The van der Waals surface area contributed by atoms with Crippen molar-refractivity contribution in [2.45, 2.75) is 13.1 Å². The Kier molecular flexibility index (Phi) is 3.87. The van der Waals surface area contributed by atoms with Crippen LogP contribution in [0.4, 0.5) is 24.7 Å². The molecular weight excluding hydrogens is 357 g/mol. The summed E-state index contributed by atoms with van der Waals surface area (Å²) >= 11 is 0. The Bertz CT molecular complexity index is 1110. The van der Waals surface area contributed by atoms with Gasteiger partial charge in [0.2, 0.25) is 0 Å². The fourth-order valence-corrected chi connectivity index (χ4v) is 2.73. The lowest BCUT2D eigenvalue weighted by atomic mass is 10.2. The third-order valence-corrected chi connectivity index (χ3v) is 4.11.